The molecule has 3 unspecified atom stereocenters. The largest absolute Gasteiger partial charge is 0.393 e. The van der Waals surface area contributed by atoms with Gasteiger partial charge < -0.3 is 9.84 Å². The quantitative estimate of drug-likeness (QED) is 0.738. The second-order valence-corrected chi connectivity index (χ2v) is 5.61. The third kappa shape index (κ3) is 2.48. The molecule has 3 atom stereocenters. The lowest BCUT2D eigenvalue weighted by Gasteiger charge is -2.21. The molecule has 2 aliphatic rings. The third-order valence-electron chi connectivity index (χ3n) is 3.66. The minimum Gasteiger partial charge on any atom is -0.393 e. The first kappa shape index (κ1) is 10.4. The van der Waals surface area contributed by atoms with Crippen LogP contribution >= 0.6 is 0 Å². The Morgan fingerprint density at radius 1 is 1.29 bits per heavy atom. The van der Waals surface area contributed by atoms with E-state index in [1.807, 2.05) is 0 Å². The fourth-order valence-electron chi connectivity index (χ4n) is 2.88. The molecule has 0 aromatic rings. The summed E-state index contributed by atoms with van der Waals surface area (Å²) in [5, 5.41) is 9.44. The van der Waals surface area contributed by atoms with E-state index in [-0.39, 0.29) is 11.7 Å². The van der Waals surface area contributed by atoms with Crippen LogP contribution in [0.2, 0.25) is 0 Å². The highest BCUT2D eigenvalue weighted by atomic mass is 16.5. The molecule has 0 amide bonds. The zero-order chi connectivity index (χ0) is 10.2. The Labute approximate surface area is 86.6 Å². The van der Waals surface area contributed by atoms with Gasteiger partial charge in [0.2, 0.25) is 0 Å². The molecule has 0 bridgehead atoms. The lowest BCUT2D eigenvalue weighted by molar-refractivity contribution is -0.0247. The maximum atomic E-state index is 9.44. The lowest BCUT2D eigenvalue weighted by atomic mass is 9.97. The molecule has 1 N–H and O–H groups in total. The van der Waals surface area contributed by atoms with Crippen molar-refractivity contribution in [2.75, 3.05) is 0 Å². The van der Waals surface area contributed by atoms with Crippen molar-refractivity contribution in [1.82, 2.24) is 0 Å². The monoisotopic (exact) mass is 198 g/mol. The maximum Gasteiger partial charge on any atom is 0.0631 e. The van der Waals surface area contributed by atoms with E-state index in [0.717, 1.165) is 12.8 Å². The van der Waals surface area contributed by atoms with Gasteiger partial charge in [0.25, 0.3) is 0 Å². The second-order valence-electron chi connectivity index (χ2n) is 5.61. The van der Waals surface area contributed by atoms with Crippen molar-refractivity contribution in [3.05, 3.63) is 0 Å². The summed E-state index contributed by atoms with van der Waals surface area (Å²) in [6.07, 6.45) is 7.19. The molecule has 1 aliphatic heterocycles. The van der Waals surface area contributed by atoms with Crippen molar-refractivity contribution in [2.24, 2.45) is 5.92 Å². The van der Waals surface area contributed by atoms with E-state index in [1.54, 1.807) is 0 Å². The van der Waals surface area contributed by atoms with Gasteiger partial charge in [0.1, 0.15) is 0 Å². The Balaban J connectivity index is 1.76. The number of hydrogen-bond donors (Lipinski definition) is 1. The molecule has 0 radical (unpaired) electrons. The van der Waals surface area contributed by atoms with Crippen LogP contribution in [0.5, 0.6) is 0 Å². The minimum absolute atomic E-state index is 0.0330. The zero-order valence-electron chi connectivity index (χ0n) is 9.33. The van der Waals surface area contributed by atoms with Crippen LogP contribution in [0.15, 0.2) is 0 Å². The molecule has 2 rings (SSSR count). The highest BCUT2D eigenvalue weighted by Crippen LogP contribution is 2.36. The van der Waals surface area contributed by atoms with E-state index < -0.39 is 0 Å². The van der Waals surface area contributed by atoms with Gasteiger partial charge in [-0.15, -0.1) is 0 Å². The van der Waals surface area contributed by atoms with Gasteiger partial charge in [-0.2, -0.15) is 0 Å². The van der Waals surface area contributed by atoms with Gasteiger partial charge in [-0.1, -0.05) is 0 Å². The molecule has 0 aromatic carbocycles. The molecule has 1 aliphatic carbocycles. The Bertz CT molecular complexity index is 200. The van der Waals surface area contributed by atoms with Gasteiger partial charge in [-0.05, 0) is 58.3 Å². The van der Waals surface area contributed by atoms with Gasteiger partial charge in [0, 0.05) is 0 Å². The molecule has 1 saturated carbocycles. The summed E-state index contributed by atoms with van der Waals surface area (Å²) in [6.45, 7) is 4.35. The molecule has 2 heteroatoms. The highest BCUT2D eigenvalue weighted by molar-refractivity contribution is 4.84. The summed E-state index contributed by atoms with van der Waals surface area (Å²) in [4.78, 5) is 0. The van der Waals surface area contributed by atoms with Crippen LogP contribution < -0.4 is 0 Å². The van der Waals surface area contributed by atoms with E-state index in [4.69, 9.17) is 4.74 Å². The number of aliphatic hydroxyl groups excluding tert-OH is 1. The molecule has 14 heavy (non-hydrogen) atoms. The Kier molecular flexibility index (Phi) is 2.85. The summed E-state index contributed by atoms with van der Waals surface area (Å²) in [7, 11) is 0. The predicted octanol–water partition coefficient (Wildman–Crippen LogP) is 2.50. The van der Waals surface area contributed by atoms with Gasteiger partial charge in [-0.25, -0.2) is 0 Å². The Morgan fingerprint density at radius 3 is 2.57 bits per heavy atom. The van der Waals surface area contributed by atoms with Crippen LogP contribution in [0.4, 0.5) is 0 Å². The summed E-state index contributed by atoms with van der Waals surface area (Å²) >= 11 is 0. The molecule has 1 heterocycles. The first-order chi connectivity index (χ1) is 6.55. The average Bonchev–Trinajstić information content (AvgIpc) is 2.59. The SMILES string of the molecule is CC1(C)CCC(CC2CCC(O)C2)O1. The fourth-order valence-corrected chi connectivity index (χ4v) is 2.88. The Morgan fingerprint density at radius 2 is 2.07 bits per heavy atom. The van der Waals surface area contributed by atoms with Crippen molar-refractivity contribution in [3.8, 4) is 0 Å². The van der Waals surface area contributed by atoms with Gasteiger partial charge >= 0.3 is 0 Å². The smallest absolute Gasteiger partial charge is 0.0631 e. The van der Waals surface area contributed by atoms with Gasteiger partial charge in [0.05, 0.1) is 17.8 Å². The number of rotatable bonds is 2. The predicted molar refractivity (Wildman–Crippen MR) is 56.2 cm³/mol. The van der Waals surface area contributed by atoms with E-state index in [1.165, 1.54) is 25.7 Å². The van der Waals surface area contributed by atoms with E-state index in [9.17, 15) is 5.11 Å². The zero-order valence-corrected chi connectivity index (χ0v) is 9.33. The molecular weight excluding hydrogens is 176 g/mol. The Hall–Kier alpha value is -0.0800. The first-order valence-corrected chi connectivity index (χ1v) is 5.91. The fraction of sp³-hybridized carbons (Fsp3) is 1.00. The van der Waals surface area contributed by atoms with Crippen LogP contribution in [0.3, 0.4) is 0 Å². The van der Waals surface area contributed by atoms with E-state index in [2.05, 4.69) is 13.8 Å². The van der Waals surface area contributed by atoms with E-state index >= 15 is 0 Å². The molecule has 2 fully saturated rings. The van der Waals surface area contributed by atoms with Crippen molar-refractivity contribution in [1.29, 1.82) is 0 Å². The average molecular weight is 198 g/mol. The number of aliphatic hydroxyl groups is 1. The summed E-state index contributed by atoms with van der Waals surface area (Å²) in [5.41, 5.74) is 0.0991. The van der Waals surface area contributed by atoms with Crippen molar-refractivity contribution >= 4 is 0 Å². The minimum atomic E-state index is -0.0330. The molecule has 2 nitrogen and oxygen atoms in total. The van der Waals surface area contributed by atoms with Crippen molar-refractivity contribution in [3.63, 3.8) is 0 Å². The van der Waals surface area contributed by atoms with Crippen LogP contribution in [-0.4, -0.2) is 22.9 Å². The lowest BCUT2D eigenvalue weighted by Crippen LogP contribution is -2.21. The van der Waals surface area contributed by atoms with Crippen LogP contribution in [0, 0.1) is 5.92 Å². The van der Waals surface area contributed by atoms with Gasteiger partial charge in [-0.3, -0.25) is 0 Å². The van der Waals surface area contributed by atoms with Crippen LogP contribution in [-0.2, 0) is 4.74 Å². The highest BCUT2D eigenvalue weighted by Gasteiger charge is 2.34. The number of ether oxygens (including phenoxy) is 1. The molecule has 0 aromatic heterocycles. The van der Waals surface area contributed by atoms with Gasteiger partial charge in [0.15, 0.2) is 0 Å². The molecule has 0 spiro atoms. The second kappa shape index (κ2) is 3.82. The first-order valence-electron chi connectivity index (χ1n) is 5.91. The summed E-state index contributed by atoms with van der Waals surface area (Å²) in [5.74, 6) is 0.712. The molecule has 1 saturated heterocycles. The van der Waals surface area contributed by atoms with Crippen molar-refractivity contribution in [2.45, 2.75) is 70.2 Å². The summed E-state index contributed by atoms with van der Waals surface area (Å²) in [6, 6.07) is 0. The van der Waals surface area contributed by atoms with Crippen molar-refractivity contribution < 1.29 is 9.84 Å². The molecule has 82 valence electrons. The maximum absolute atomic E-state index is 9.44. The third-order valence-corrected chi connectivity index (χ3v) is 3.66. The standard InChI is InChI=1S/C12H22O2/c1-12(2)6-5-11(14-12)8-9-3-4-10(13)7-9/h9-11,13H,3-8H2,1-2H3. The van der Waals surface area contributed by atoms with Crippen LogP contribution in [0.25, 0.3) is 0 Å². The number of hydrogen-bond acceptors (Lipinski definition) is 2. The molecular formula is C12H22O2. The summed E-state index contributed by atoms with van der Waals surface area (Å²) < 4.78 is 5.96. The van der Waals surface area contributed by atoms with E-state index in [0.29, 0.717) is 12.0 Å². The normalized spacial score (nSPS) is 41.8. The topological polar surface area (TPSA) is 29.5 Å². The van der Waals surface area contributed by atoms with Crippen LogP contribution in [0.1, 0.15) is 52.4 Å².